The molecule has 0 heterocycles. The van der Waals surface area contributed by atoms with Gasteiger partial charge in [-0.3, -0.25) is 25.2 Å². The minimum atomic E-state index is -0.385. The lowest BCUT2D eigenvalue weighted by Crippen LogP contribution is -2.62. The molecule has 3 amide bonds. The zero-order chi connectivity index (χ0) is 32.5. The molecule has 1 aromatic rings. The van der Waals surface area contributed by atoms with Gasteiger partial charge in [0.05, 0.1) is 26.4 Å². The minimum Gasteiger partial charge on any atom is -0.426 e. The van der Waals surface area contributed by atoms with Crippen LogP contribution in [0.3, 0.4) is 0 Å². The largest absolute Gasteiger partial charge is 0.426 e. The van der Waals surface area contributed by atoms with Crippen LogP contribution in [0.25, 0.3) is 0 Å². The third-order valence-electron chi connectivity index (χ3n) is 8.05. The fourth-order valence-electron chi connectivity index (χ4n) is 6.41. The van der Waals surface area contributed by atoms with Crippen LogP contribution in [0, 0.1) is 27.1 Å². The number of carbonyl (C=O) groups is 3. The molecule has 11 nitrogen and oxygen atoms in total. The van der Waals surface area contributed by atoms with Crippen LogP contribution in [0.4, 0.5) is 0 Å². The van der Waals surface area contributed by atoms with E-state index in [1.807, 2.05) is 13.8 Å². The predicted molar refractivity (Wildman–Crippen MR) is 169 cm³/mol. The van der Waals surface area contributed by atoms with Gasteiger partial charge in [-0.2, -0.15) is 0 Å². The quantitative estimate of drug-likeness (QED) is 0.113. The fraction of sp³-hybridized carbons (Fsp3) is 0.667. The fourth-order valence-corrected chi connectivity index (χ4v) is 6.41. The number of hydrogen-bond donors (Lipinski definition) is 5. The number of amides is 3. The molecular formula is C33H51N5O6. The van der Waals surface area contributed by atoms with E-state index in [0.717, 1.165) is 32.1 Å². The summed E-state index contributed by atoms with van der Waals surface area (Å²) < 4.78 is 16.0. The van der Waals surface area contributed by atoms with Crippen LogP contribution >= 0.6 is 0 Å². The van der Waals surface area contributed by atoms with E-state index in [4.69, 9.17) is 25.0 Å². The summed E-state index contributed by atoms with van der Waals surface area (Å²) in [5.74, 6) is -0.347. The number of carbonyl (C=O) groups excluding carboxylic acids is 3. The highest BCUT2D eigenvalue weighted by Gasteiger charge is 2.54. The van der Waals surface area contributed by atoms with Gasteiger partial charge in [-0.1, -0.05) is 34.6 Å². The highest BCUT2D eigenvalue weighted by atomic mass is 16.5. The molecule has 5 N–H and O–H groups in total. The maximum atomic E-state index is 12.8. The number of nitrogens with one attached hydrogen (secondary N) is 5. The van der Waals surface area contributed by atoms with Gasteiger partial charge < -0.3 is 30.2 Å². The Labute approximate surface area is 261 Å². The molecule has 0 saturated heterocycles. The van der Waals surface area contributed by atoms with Gasteiger partial charge in [0, 0.05) is 48.5 Å². The number of hydrogen-bond acceptors (Lipinski definition) is 8. The summed E-state index contributed by atoms with van der Waals surface area (Å²) >= 11 is 0. The maximum absolute atomic E-state index is 12.8. The van der Waals surface area contributed by atoms with Crippen molar-refractivity contribution < 1.29 is 28.6 Å². The monoisotopic (exact) mass is 613 g/mol. The van der Waals surface area contributed by atoms with Gasteiger partial charge in [0.25, 0.3) is 5.91 Å². The molecule has 0 atom stereocenters. The van der Waals surface area contributed by atoms with E-state index in [1.165, 1.54) is 6.92 Å². The second kappa shape index (κ2) is 15.1. The Hall–Kier alpha value is -3.31. The Balaban J connectivity index is 1.16. The zero-order valence-corrected chi connectivity index (χ0v) is 27.2. The molecule has 0 unspecified atom stereocenters. The van der Waals surface area contributed by atoms with Gasteiger partial charge in [-0.05, 0) is 67.2 Å². The number of rotatable bonds is 15. The first-order valence-electron chi connectivity index (χ1n) is 15.5. The van der Waals surface area contributed by atoms with E-state index < -0.39 is 0 Å². The van der Waals surface area contributed by atoms with Crippen LogP contribution in [0.1, 0.15) is 96.0 Å². The standard InChI is InChI=1S/C33H51N5O6/c1-22(34)44-28(35)23-7-9-24(10-8-23)29(40)36-12-14-43-16-15-42-13-11-27(39)37-25-17-33(18-25)19-26(20-33)38-30(41)32(5,6)21-31(2,3)4/h7-10,25-26,34-35H,11-21H2,1-6H3,(H,36,40)(H,37,39)(H,38,41). The van der Waals surface area contributed by atoms with Crippen LogP contribution in [0.15, 0.2) is 24.3 Å². The second-order valence-electron chi connectivity index (χ2n) is 14.2. The molecule has 2 aliphatic carbocycles. The van der Waals surface area contributed by atoms with Gasteiger partial charge in [0.15, 0.2) is 5.90 Å². The lowest BCUT2D eigenvalue weighted by molar-refractivity contribution is -0.135. The third-order valence-corrected chi connectivity index (χ3v) is 8.05. The molecule has 2 fully saturated rings. The van der Waals surface area contributed by atoms with Crippen LogP contribution < -0.4 is 16.0 Å². The van der Waals surface area contributed by atoms with Crippen molar-refractivity contribution in [3.05, 3.63) is 35.4 Å². The Morgan fingerprint density at radius 3 is 1.95 bits per heavy atom. The third kappa shape index (κ3) is 11.0. The molecule has 11 heteroatoms. The molecule has 0 aliphatic heterocycles. The van der Waals surface area contributed by atoms with E-state index in [9.17, 15) is 14.4 Å². The molecule has 2 aliphatic rings. The SMILES string of the molecule is CC(=N)OC(=N)c1ccc(C(=O)NCCOCCOCCC(=O)NC2CC3(C2)CC(NC(=O)C(C)(C)CC(C)(C)C)C3)cc1. The van der Waals surface area contributed by atoms with Crippen molar-refractivity contribution >= 4 is 29.5 Å². The topological polar surface area (TPSA) is 163 Å². The van der Waals surface area contributed by atoms with Crippen LogP contribution in [0.2, 0.25) is 0 Å². The van der Waals surface area contributed by atoms with Gasteiger partial charge in [0.2, 0.25) is 17.7 Å². The number of ether oxygens (including phenoxy) is 3. The van der Waals surface area contributed by atoms with Crippen LogP contribution in [-0.4, -0.2) is 74.6 Å². The van der Waals surface area contributed by atoms with Gasteiger partial charge in [-0.15, -0.1) is 0 Å². The van der Waals surface area contributed by atoms with Gasteiger partial charge >= 0.3 is 0 Å². The summed E-state index contributed by atoms with van der Waals surface area (Å²) in [6, 6.07) is 6.82. The average Bonchev–Trinajstić information content (AvgIpc) is 2.87. The van der Waals surface area contributed by atoms with Crippen LogP contribution in [0.5, 0.6) is 0 Å². The molecule has 0 radical (unpaired) electrons. The van der Waals surface area contributed by atoms with E-state index in [-0.39, 0.29) is 57.8 Å². The second-order valence-corrected chi connectivity index (χ2v) is 14.2. The van der Waals surface area contributed by atoms with Crippen molar-refractivity contribution in [2.75, 3.05) is 33.0 Å². The Bertz CT molecular complexity index is 1180. The first kappa shape index (κ1) is 35.2. The van der Waals surface area contributed by atoms with E-state index in [1.54, 1.807) is 24.3 Å². The van der Waals surface area contributed by atoms with Crippen molar-refractivity contribution in [1.29, 1.82) is 10.8 Å². The van der Waals surface area contributed by atoms with Crippen molar-refractivity contribution in [2.45, 2.75) is 92.2 Å². The molecule has 2 saturated carbocycles. The van der Waals surface area contributed by atoms with E-state index in [2.05, 4.69) is 36.7 Å². The lowest BCUT2D eigenvalue weighted by Gasteiger charge is -2.58. The highest BCUT2D eigenvalue weighted by molar-refractivity contribution is 6.00. The summed E-state index contributed by atoms with van der Waals surface area (Å²) in [6.07, 6.45) is 5.06. The Morgan fingerprint density at radius 1 is 0.841 bits per heavy atom. The van der Waals surface area contributed by atoms with Crippen LogP contribution in [-0.2, 0) is 23.8 Å². The van der Waals surface area contributed by atoms with E-state index in [0.29, 0.717) is 50.5 Å². The first-order valence-corrected chi connectivity index (χ1v) is 15.5. The van der Waals surface area contributed by atoms with Crippen molar-refractivity contribution in [3.8, 4) is 0 Å². The molecule has 244 valence electrons. The van der Waals surface area contributed by atoms with Crippen molar-refractivity contribution in [2.24, 2.45) is 16.2 Å². The first-order chi connectivity index (χ1) is 20.6. The molecule has 3 rings (SSSR count). The van der Waals surface area contributed by atoms with Crippen molar-refractivity contribution in [1.82, 2.24) is 16.0 Å². The number of benzene rings is 1. The molecule has 44 heavy (non-hydrogen) atoms. The summed E-state index contributed by atoms with van der Waals surface area (Å²) in [5.41, 5.74) is 0.909. The molecular weight excluding hydrogens is 562 g/mol. The Morgan fingerprint density at radius 2 is 1.39 bits per heavy atom. The minimum absolute atomic E-state index is 0.0104. The summed E-state index contributed by atoms with van der Waals surface area (Å²) in [7, 11) is 0. The Kier molecular flexibility index (Phi) is 12.1. The molecule has 0 aromatic heterocycles. The molecule has 0 bridgehead atoms. The van der Waals surface area contributed by atoms with E-state index >= 15 is 0 Å². The highest BCUT2D eigenvalue weighted by Crippen LogP contribution is 2.56. The summed E-state index contributed by atoms with van der Waals surface area (Å²) in [6.45, 7) is 13.7. The average molecular weight is 614 g/mol. The molecule has 1 spiro atoms. The summed E-state index contributed by atoms with van der Waals surface area (Å²) in [4.78, 5) is 37.4. The zero-order valence-electron chi connectivity index (χ0n) is 27.2. The lowest BCUT2D eigenvalue weighted by atomic mass is 9.52. The molecule has 1 aromatic carbocycles. The smallest absolute Gasteiger partial charge is 0.251 e. The van der Waals surface area contributed by atoms with Crippen molar-refractivity contribution in [3.63, 3.8) is 0 Å². The van der Waals surface area contributed by atoms with Gasteiger partial charge in [0.1, 0.15) is 0 Å². The summed E-state index contributed by atoms with van der Waals surface area (Å²) in [5, 5.41) is 24.2. The predicted octanol–water partition coefficient (Wildman–Crippen LogP) is 4.18. The maximum Gasteiger partial charge on any atom is 0.251 e. The normalized spacial score (nSPS) is 21.0. The van der Waals surface area contributed by atoms with Gasteiger partial charge in [-0.25, -0.2) is 0 Å².